The van der Waals surface area contributed by atoms with Gasteiger partial charge in [0.2, 0.25) is 0 Å². The fraction of sp³-hybridized carbons (Fsp3) is 1.00. The standard InChI is InChI=1S/C11H23NO3S/c1-3-12-10-5-6-11(9-10)16(13,14)8-4-7-15-2/h10-12H,3-9H2,1-2H3. The normalized spacial score (nSPS) is 26.1. The lowest BCUT2D eigenvalue weighted by molar-refractivity contribution is 0.199. The Morgan fingerprint density at radius 1 is 1.38 bits per heavy atom. The highest BCUT2D eigenvalue weighted by Gasteiger charge is 2.33. The van der Waals surface area contributed by atoms with E-state index in [-0.39, 0.29) is 11.0 Å². The van der Waals surface area contributed by atoms with E-state index >= 15 is 0 Å². The second kappa shape index (κ2) is 6.57. The second-order valence-corrected chi connectivity index (χ2v) is 6.80. The molecular weight excluding hydrogens is 226 g/mol. The molecule has 2 unspecified atom stereocenters. The molecule has 0 bridgehead atoms. The SMILES string of the molecule is CCNC1CCC(S(=O)(=O)CCCOC)C1. The highest BCUT2D eigenvalue weighted by molar-refractivity contribution is 7.92. The molecule has 1 rings (SSSR count). The van der Waals surface area contributed by atoms with E-state index in [0.29, 0.717) is 19.1 Å². The lowest BCUT2D eigenvalue weighted by Crippen LogP contribution is -2.29. The van der Waals surface area contributed by atoms with Crippen LogP contribution < -0.4 is 5.32 Å². The van der Waals surface area contributed by atoms with E-state index in [1.54, 1.807) is 7.11 Å². The molecule has 0 heterocycles. The molecule has 0 saturated heterocycles. The number of hydrogen-bond donors (Lipinski definition) is 1. The molecule has 1 N–H and O–H groups in total. The summed E-state index contributed by atoms with van der Waals surface area (Å²) >= 11 is 0. The highest BCUT2D eigenvalue weighted by Crippen LogP contribution is 2.26. The molecule has 0 aromatic carbocycles. The van der Waals surface area contributed by atoms with Gasteiger partial charge in [-0.15, -0.1) is 0 Å². The summed E-state index contributed by atoms with van der Waals surface area (Å²) in [6.07, 6.45) is 3.19. The predicted molar refractivity (Wildman–Crippen MR) is 65.4 cm³/mol. The van der Waals surface area contributed by atoms with E-state index in [2.05, 4.69) is 12.2 Å². The monoisotopic (exact) mass is 249 g/mol. The Morgan fingerprint density at radius 3 is 2.75 bits per heavy atom. The van der Waals surface area contributed by atoms with Gasteiger partial charge in [-0.05, 0) is 32.2 Å². The third kappa shape index (κ3) is 4.03. The molecule has 0 aliphatic heterocycles. The maximum Gasteiger partial charge on any atom is 0.153 e. The van der Waals surface area contributed by atoms with Gasteiger partial charge in [-0.1, -0.05) is 6.92 Å². The number of methoxy groups -OCH3 is 1. The van der Waals surface area contributed by atoms with Gasteiger partial charge in [-0.3, -0.25) is 0 Å². The zero-order chi connectivity index (χ0) is 12.0. The zero-order valence-electron chi connectivity index (χ0n) is 10.2. The summed E-state index contributed by atoms with van der Waals surface area (Å²) in [5.41, 5.74) is 0. The van der Waals surface area contributed by atoms with Crippen molar-refractivity contribution in [2.45, 2.75) is 43.9 Å². The Bertz CT molecular complexity index is 290. The first-order valence-corrected chi connectivity index (χ1v) is 7.75. The summed E-state index contributed by atoms with van der Waals surface area (Å²) < 4.78 is 28.8. The molecule has 1 aliphatic carbocycles. The number of ether oxygens (including phenoxy) is 1. The molecule has 1 fully saturated rings. The minimum Gasteiger partial charge on any atom is -0.385 e. The Hall–Kier alpha value is -0.130. The Labute approximate surface area is 98.7 Å². The van der Waals surface area contributed by atoms with Crippen LogP contribution >= 0.6 is 0 Å². The number of sulfone groups is 1. The van der Waals surface area contributed by atoms with Crippen LogP contribution in [0.15, 0.2) is 0 Å². The van der Waals surface area contributed by atoms with Gasteiger partial charge in [0.1, 0.15) is 0 Å². The van der Waals surface area contributed by atoms with Crippen LogP contribution in [0.4, 0.5) is 0 Å². The van der Waals surface area contributed by atoms with E-state index in [9.17, 15) is 8.42 Å². The molecule has 0 spiro atoms. The van der Waals surface area contributed by atoms with Gasteiger partial charge in [0, 0.05) is 19.8 Å². The third-order valence-electron chi connectivity index (χ3n) is 3.16. The van der Waals surface area contributed by atoms with Gasteiger partial charge in [-0.25, -0.2) is 8.42 Å². The van der Waals surface area contributed by atoms with Crippen molar-refractivity contribution < 1.29 is 13.2 Å². The van der Waals surface area contributed by atoms with Crippen LogP contribution in [0.25, 0.3) is 0 Å². The molecule has 2 atom stereocenters. The predicted octanol–water partition coefficient (Wildman–Crippen LogP) is 0.968. The van der Waals surface area contributed by atoms with Crippen LogP contribution in [0.2, 0.25) is 0 Å². The molecule has 1 saturated carbocycles. The Morgan fingerprint density at radius 2 is 2.12 bits per heavy atom. The first-order valence-electron chi connectivity index (χ1n) is 6.04. The summed E-state index contributed by atoms with van der Waals surface area (Å²) in [5.74, 6) is 0.268. The van der Waals surface area contributed by atoms with Gasteiger partial charge in [0.05, 0.1) is 11.0 Å². The van der Waals surface area contributed by atoms with Crippen molar-refractivity contribution in [1.29, 1.82) is 0 Å². The van der Waals surface area contributed by atoms with Gasteiger partial charge < -0.3 is 10.1 Å². The van der Waals surface area contributed by atoms with Crippen molar-refractivity contribution in [1.82, 2.24) is 5.32 Å². The molecule has 0 amide bonds. The van der Waals surface area contributed by atoms with Crippen LogP contribution in [-0.2, 0) is 14.6 Å². The zero-order valence-corrected chi connectivity index (χ0v) is 11.1. The Kier molecular flexibility index (Phi) is 5.72. The van der Waals surface area contributed by atoms with Crippen LogP contribution in [-0.4, -0.2) is 45.7 Å². The minimum absolute atomic E-state index is 0.131. The first-order chi connectivity index (χ1) is 7.60. The largest absolute Gasteiger partial charge is 0.385 e. The average molecular weight is 249 g/mol. The maximum atomic E-state index is 12.0. The molecule has 0 aromatic rings. The lowest BCUT2D eigenvalue weighted by Gasteiger charge is -2.12. The fourth-order valence-corrected chi connectivity index (χ4v) is 4.19. The summed E-state index contributed by atoms with van der Waals surface area (Å²) in [6, 6.07) is 0.396. The summed E-state index contributed by atoms with van der Waals surface area (Å²) in [7, 11) is -1.30. The topological polar surface area (TPSA) is 55.4 Å². The number of nitrogens with one attached hydrogen (secondary N) is 1. The van der Waals surface area contributed by atoms with Gasteiger partial charge in [0.25, 0.3) is 0 Å². The van der Waals surface area contributed by atoms with Crippen LogP contribution in [0, 0.1) is 0 Å². The van der Waals surface area contributed by atoms with Gasteiger partial charge in [0.15, 0.2) is 9.84 Å². The minimum atomic E-state index is -2.90. The van der Waals surface area contributed by atoms with E-state index in [4.69, 9.17) is 4.74 Å². The van der Waals surface area contributed by atoms with Crippen molar-refractivity contribution in [3.8, 4) is 0 Å². The van der Waals surface area contributed by atoms with Crippen molar-refractivity contribution in [3.05, 3.63) is 0 Å². The van der Waals surface area contributed by atoms with E-state index in [0.717, 1.165) is 25.8 Å². The molecule has 0 aromatic heterocycles. The smallest absolute Gasteiger partial charge is 0.153 e. The molecular formula is C11H23NO3S. The highest BCUT2D eigenvalue weighted by atomic mass is 32.2. The first kappa shape index (κ1) is 13.9. The van der Waals surface area contributed by atoms with Crippen LogP contribution in [0.1, 0.15) is 32.6 Å². The molecule has 4 nitrogen and oxygen atoms in total. The third-order valence-corrected chi connectivity index (χ3v) is 5.46. The molecule has 96 valence electrons. The maximum absolute atomic E-state index is 12.0. The lowest BCUT2D eigenvalue weighted by atomic mass is 10.2. The summed E-state index contributed by atoms with van der Waals surface area (Å²) in [6.45, 7) is 3.50. The van der Waals surface area contributed by atoms with Crippen molar-refractivity contribution in [3.63, 3.8) is 0 Å². The van der Waals surface area contributed by atoms with Gasteiger partial charge in [-0.2, -0.15) is 0 Å². The quantitative estimate of drug-likeness (QED) is 0.683. The second-order valence-electron chi connectivity index (χ2n) is 4.40. The molecule has 1 aliphatic rings. The molecule has 0 radical (unpaired) electrons. The average Bonchev–Trinajstić information content (AvgIpc) is 2.68. The van der Waals surface area contributed by atoms with Gasteiger partial charge >= 0.3 is 0 Å². The van der Waals surface area contributed by atoms with E-state index in [1.807, 2.05) is 0 Å². The molecule has 5 heteroatoms. The Balaban J connectivity index is 2.39. The fourth-order valence-electron chi connectivity index (χ4n) is 2.31. The molecule has 16 heavy (non-hydrogen) atoms. The number of hydrogen-bond acceptors (Lipinski definition) is 4. The van der Waals surface area contributed by atoms with E-state index in [1.165, 1.54) is 0 Å². The van der Waals surface area contributed by atoms with E-state index < -0.39 is 9.84 Å². The van der Waals surface area contributed by atoms with Crippen LogP contribution in [0.3, 0.4) is 0 Å². The summed E-state index contributed by atoms with van der Waals surface area (Å²) in [5, 5.41) is 3.19. The van der Waals surface area contributed by atoms with Crippen molar-refractivity contribution >= 4 is 9.84 Å². The van der Waals surface area contributed by atoms with Crippen molar-refractivity contribution in [2.24, 2.45) is 0 Å². The van der Waals surface area contributed by atoms with Crippen molar-refractivity contribution in [2.75, 3.05) is 26.0 Å². The summed E-state index contributed by atoms with van der Waals surface area (Å²) in [4.78, 5) is 0. The van der Waals surface area contributed by atoms with Crippen LogP contribution in [0.5, 0.6) is 0 Å². The number of rotatable bonds is 7.